The number of piperidine rings is 1. The van der Waals surface area contributed by atoms with E-state index in [0.29, 0.717) is 38.1 Å². The van der Waals surface area contributed by atoms with Crippen LogP contribution in [0, 0.1) is 18.8 Å². The molecule has 3 atom stereocenters. The number of carbonyl (C=O) groups is 1. The number of carbonyl (C=O) groups excluding carboxylic acids is 1. The van der Waals surface area contributed by atoms with E-state index in [1.807, 2.05) is 56.3 Å². The van der Waals surface area contributed by atoms with Crippen LogP contribution in [-0.2, 0) is 4.79 Å². The molecule has 0 bridgehead atoms. The second-order valence-electron chi connectivity index (χ2n) is 10.0. The maximum absolute atomic E-state index is 13.8. The Bertz CT molecular complexity index is 1420. The number of pyridine rings is 1. The van der Waals surface area contributed by atoms with Crippen molar-refractivity contribution in [1.29, 1.82) is 0 Å². The van der Waals surface area contributed by atoms with Crippen molar-refractivity contribution in [3.8, 4) is 0 Å². The van der Waals surface area contributed by atoms with Crippen LogP contribution in [0.4, 0.5) is 5.82 Å². The van der Waals surface area contributed by atoms with E-state index in [9.17, 15) is 9.59 Å². The SMILES string of the molecule is Cc1cccn2c(=O)c(/C=C3\SC(=S)N([C@@H](C)c4ccccc4)C3=O)c(N3C[C@H](C)C[C@@H](C)C3)nc12. The predicted octanol–water partition coefficient (Wildman–Crippen LogP) is 5.45. The van der Waals surface area contributed by atoms with Crippen molar-refractivity contribution >= 4 is 51.7 Å². The van der Waals surface area contributed by atoms with Crippen LogP contribution >= 0.6 is 24.0 Å². The highest BCUT2D eigenvalue weighted by atomic mass is 32.2. The first kappa shape index (κ1) is 24.7. The Hall–Kier alpha value is -2.97. The summed E-state index contributed by atoms with van der Waals surface area (Å²) >= 11 is 6.87. The van der Waals surface area contributed by atoms with Gasteiger partial charge in [0.2, 0.25) is 0 Å². The Morgan fingerprint density at radius 1 is 1.08 bits per heavy atom. The smallest absolute Gasteiger partial charge is 0.267 e. The van der Waals surface area contributed by atoms with Gasteiger partial charge in [-0.25, -0.2) is 4.98 Å². The maximum atomic E-state index is 13.8. The standard InChI is InChI=1S/C28H30N4O2S2/c1-17-13-18(2)16-30(15-17)25-22(26(33)31-12-8-9-19(3)24(31)29-25)14-23-27(34)32(28(35)36-23)20(4)21-10-6-5-7-11-21/h5-12,14,17-18,20H,13,15-16H2,1-4H3/b23-14-/t17-,18-,20+/m1/s1. The molecule has 0 saturated carbocycles. The lowest BCUT2D eigenvalue weighted by molar-refractivity contribution is -0.123. The fourth-order valence-electron chi connectivity index (χ4n) is 5.33. The average molecular weight is 519 g/mol. The molecule has 0 radical (unpaired) electrons. The van der Waals surface area contributed by atoms with Crippen molar-refractivity contribution in [2.75, 3.05) is 18.0 Å². The zero-order valence-electron chi connectivity index (χ0n) is 21.0. The topological polar surface area (TPSA) is 57.9 Å². The molecule has 2 aromatic heterocycles. The lowest BCUT2D eigenvalue weighted by Crippen LogP contribution is -2.40. The monoisotopic (exact) mass is 518 g/mol. The van der Waals surface area contributed by atoms with Crippen LogP contribution in [0.5, 0.6) is 0 Å². The third-order valence-electron chi connectivity index (χ3n) is 7.00. The number of benzene rings is 1. The van der Waals surface area contributed by atoms with Crippen LogP contribution in [0.25, 0.3) is 11.7 Å². The molecule has 0 spiro atoms. The van der Waals surface area contributed by atoms with Crippen LogP contribution in [0.2, 0.25) is 0 Å². The summed E-state index contributed by atoms with van der Waals surface area (Å²) in [7, 11) is 0. The Morgan fingerprint density at radius 2 is 1.78 bits per heavy atom. The van der Waals surface area contributed by atoms with Gasteiger partial charge in [-0.1, -0.05) is 74.2 Å². The first-order valence-corrected chi connectivity index (χ1v) is 13.6. The molecule has 2 fully saturated rings. The van der Waals surface area contributed by atoms with Gasteiger partial charge in [-0.05, 0) is 55.4 Å². The van der Waals surface area contributed by atoms with Gasteiger partial charge in [0, 0.05) is 19.3 Å². The molecule has 0 unspecified atom stereocenters. The second kappa shape index (κ2) is 9.82. The number of anilines is 1. The normalized spacial score (nSPS) is 22.6. The number of rotatable bonds is 4. The average Bonchev–Trinajstić information content (AvgIpc) is 3.13. The third kappa shape index (κ3) is 4.48. The van der Waals surface area contributed by atoms with Crippen LogP contribution in [-0.4, -0.2) is 37.6 Å². The summed E-state index contributed by atoms with van der Waals surface area (Å²) in [4.78, 5) is 36.7. The first-order valence-electron chi connectivity index (χ1n) is 12.3. The van der Waals surface area contributed by atoms with Gasteiger partial charge < -0.3 is 4.90 Å². The highest BCUT2D eigenvalue weighted by Crippen LogP contribution is 2.39. The van der Waals surface area contributed by atoms with Crippen molar-refractivity contribution in [3.05, 3.63) is 80.6 Å². The van der Waals surface area contributed by atoms with Gasteiger partial charge in [-0.15, -0.1) is 0 Å². The zero-order chi connectivity index (χ0) is 25.6. The van der Waals surface area contributed by atoms with Crippen LogP contribution in [0.15, 0.2) is 58.4 Å². The van der Waals surface area contributed by atoms with Crippen LogP contribution < -0.4 is 10.5 Å². The Balaban J connectivity index is 1.62. The van der Waals surface area contributed by atoms with E-state index in [1.54, 1.807) is 21.6 Å². The second-order valence-corrected chi connectivity index (χ2v) is 11.7. The number of nitrogens with zero attached hydrogens (tertiary/aromatic N) is 4. The number of thioether (sulfide) groups is 1. The molecular weight excluding hydrogens is 488 g/mol. The van der Waals surface area contributed by atoms with E-state index >= 15 is 0 Å². The molecule has 6 nitrogen and oxygen atoms in total. The van der Waals surface area contributed by atoms with Gasteiger partial charge in [0.05, 0.1) is 16.5 Å². The van der Waals surface area contributed by atoms with Crippen LogP contribution in [0.3, 0.4) is 0 Å². The third-order valence-corrected chi connectivity index (χ3v) is 8.33. The Morgan fingerprint density at radius 3 is 2.47 bits per heavy atom. The molecule has 5 rings (SSSR count). The Labute approximate surface area is 221 Å². The molecule has 3 aromatic rings. The molecular formula is C28H30N4O2S2. The molecule has 186 valence electrons. The number of aromatic nitrogens is 2. The number of amides is 1. The quantitative estimate of drug-likeness (QED) is 0.338. The summed E-state index contributed by atoms with van der Waals surface area (Å²) in [6, 6.07) is 13.4. The molecule has 0 N–H and O–H groups in total. The van der Waals surface area contributed by atoms with E-state index in [-0.39, 0.29) is 17.5 Å². The van der Waals surface area contributed by atoms with Gasteiger partial charge >= 0.3 is 0 Å². The van der Waals surface area contributed by atoms with Crippen molar-refractivity contribution in [2.45, 2.75) is 40.2 Å². The van der Waals surface area contributed by atoms with Crippen molar-refractivity contribution in [3.63, 3.8) is 0 Å². The van der Waals surface area contributed by atoms with Gasteiger partial charge in [0.1, 0.15) is 15.8 Å². The lowest BCUT2D eigenvalue weighted by atomic mass is 9.91. The minimum atomic E-state index is -0.202. The minimum Gasteiger partial charge on any atom is -0.355 e. The number of thiocarbonyl (C=S) groups is 1. The fraction of sp³-hybridized carbons (Fsp3) is 0.357. The summed E-state index contributed by atoms with van der Waals surface area (Å²) in [6.45, 7) is 10.1. The van der Waals surface area contributed by atoms with E-state index in [0.717, 1.165) is 30.6 Å². The largest absolute Gasteiger partial charge is 0.355 e. The number of aryl methyl sites for hydroxylation is 1. The molecule has 8 heteroatoms. The van der Waals surface area contributed by atoms with Crippen LogP contribution in [0.1, 0.15) is 49.9 Å². The van der Waals surface area contributed by atoms with Crippen molar-refractivity contribution in [2.24, 2.45) is 11.8 Å². The number of hydrogen-bond acceptors (Lipinski definition) is 6. The molecule has 2 aliphatic heterocycles. The molecule has 0 aliphatic carbocycles. The van der Waals surface area contributed by atoms with E-state index in [1.165, 1.54) is 11.8 Å². The summed E-state index contributed by atoms with van der Waals surface area (Å²) in [5, 5.41) is 0. The summed E-state index contributed by atoms with van der Waals surface area (Å²) in [5.74, 6) is 1.45. The summed E-state index contributed by atoms with van der Waals surface area (Å²) in [6.07, 6.45) is 4.59. The molecule has 1 amide bonds. The number of hydrogen-bond donors (Lipinski definition) is 0. The van der Waals surface area contributed by atoms with Gasteiger partial charge in [0.15, 0.2) is 0 Å². The lowest BCUT2D eigenvalue weighted by Gasteiger charge is -2.36. The zero-order valence-corrected chi connectivity index (χ0v) is 22.6. The van der Waals surface area contributed by atoms with Gasteiger partial charge in [-0.3, -0.25) is 18.9 Å². The molecule has 36 heavy (non-hydrogen) atoms. The molecule has 2 saturated heterocycles. The molecule has 2 aliphatic rings. The number of fused-ring (bicyclic) bond motifs is 1. The molecule has 1 aromatic carbocycles. The van der Waals surface area contributed by atoms with E-state index in [2.05, 4.69) is 18.7 Å². The summed E-state index contributed by atoms with van der Waals surface area (Å²) in [5.41, 5.74) is 2.85. The van der Waals surface area contributed by atoms with Crippen molar-refractivity contribution < 1.29 is 4.79 Å². The highest BCUT2D eigenvalue weighted by Gasteiger charge is 2.37. The Kier molecular flexibility index (Phi) is 6.74. The maximum Gasteiger partial charge on any atom is 0.267 e. The highest BCUT2D eigenvalue weighted by molar-refractivity contribution is 8.26. The first-order chi connectivity index (χ1) is 17.2. The summed E-state index contributed by atoms with van der Waals surface area (Å²) < 4.78 is 2.07. The molecule has 4 heterocycles. The van der Waals surface area contributed by atoms with Crippen molar-refractivity contribution in [1.82, 2.24) is 14.3 Å². The minimum absolute atomic E-state index is 0.175. The predicted molar refractivity (Wildman–Crippen MR) is 151 cm³/mol. The van der Waals surface area contributed by atoms with Gasteiger partial charge in [-0.2, -0.15) is 0 Å². The van der Waals surface area contributed by atoms with E-state index < -0.39 is 0 Å². The van der Waals surface area contributed by atoms with Gasteiger partial charge in [0.25, 0.3) is 11.5 Å². The van der Waals surface area contributed by atoms with E-state index in [4.69, 9.17) is 17.2 Å². The fourth-order valence-corrected chi connectivity index (χ4v) is 6.73.